The van der Waals surface area contributed by atoms with Crippen molar-refractivity contribution in [2.45, 2.75) is 13.5 Å². The van der Waals surface area contributed by atoms with Gasteiger partial charge in [-0.3, -0.25) is 0 Å². The van der Waals surface area contributed by atoms with Crippen LogP contribution in [0, 0.1) is 0 Å². The van der Waals surface area contributed by atoms with Gasteiger partial charge < -0.3 is 15.0 Å². The van der Waals surface area contributed by atoms with Gasteiger partial charge in [-0.25, -0.2) is 9.97 Å². The molecule has 0 aliphatic heterocycles. The molecule has 3 aromatic rings. The number of aromatic nitrogens is 3. The van der Waals surface area contributed by atoms with E-state index in [2.05, 4.69) is 44.4 Å². The van der Waals surface area contributed by atoms with E-state index >= 15 is 0 Å². The van der Waals surface area contributed by atoms with E-state index in [4.69, 9.17) is 0 Å². The van der Waals surface area contributed by atoms with Gasteiger partial charge in [0.2, 0.25) is 0 Å². The molecule has 0 bridgehead atoms. The molecule has 0 amide bonds. The molecule has 0 unspecified atom stereocenters. The van der Waals surface area contributed by atoms with Crippen molar-refractivity contribution >= 4 is 28.6 Å². The molecule has 0 saturated heterocycles. The quantitative estimate of drug-likeness (QED) is 0.750. The van der Waals surface area contributed by atoms with E-state index in [0.717, 1.165) is 30.4 Å². The Labute approximate surface area is 115 Å². The van der Waals surface area contributed by atoms with Gasteiger partial charge in [-0.15, -0.1) is 0 Å². The molecule has 0 fully saturated rings. The molecule has 0 aliphatic rings. The van der Waals surface area contributed by atoms with Gasteiger partial charge in [0.25, 0.3) is 0 Å². The number of fused-ring (bicyclic) bond motifs is 1. The Kier molecular flexibility index (Phi) is 3.33. The molecule has 3 rings (SSSR count). The predicted octanol–water partition coefficient (Wildman–Crippen LogP) is 2.83. The summed E-state index contributed by atoms with van der Waals surface area (Å²) in [5.74, 6) is 1.65. The summed E-state index contributed by atoms with van der Waals surface area (Å²) in [5, 5.41) is 10.8. The molecule has 2 N–H and O–H groups in total. The Morgan fingerprint density at radius 3 is 3.11 bits per heavy atom. The molecule has 19 heavy (non-hydrogen) atoms. The fourth-order valence-electron chi connectivity index (χ4n) is 1.90. The monoisotopic (exact) mass is 273 g/mol. The van der Waals surface area contributed by atoms with Gasteiger partial charge >= 0.3 is 0 Å². The van der Waals surface area contributed by atoms with Crippen molar-refractivity contribution in [1.82, 2.24) is 14.4 Å². The molecular weight excluding hydrogens is 258 g/mol. The van der Waals surface area contributed by atoms with E-state index in [9.17, 15) is 0 Å². The topological polar surface area (TPSA) is 54.2 Å². The number of imidazole rings is 1. The van der Waals surface area contributed by atoms with Crippen LogP contribution in [0.15, 0.2) is 35.4 Å². The first kappa shape index (κ1) is 12.0. The predicted molar refractivity (Wildman–Crippen MR) is 78.8 cm³/mol. The van der Waals surface area contributed by atoms with Crippen LogP contribution in [0.3, 0.4) is 0 Å². The molecule has 0 saturated carbocycles. The van der Waals surface area contributed by atoms with Crippen molar-refractivity contribution in [3.63, 3.8) is 0 Å². The van der Waals surface area contributed by atoms with Crippen LogP contribution in [0.5, 0.6) is 0 Å². The second-order valence-corrected chi connectivity index (χ2v) is 4.93. The smallest absolute Gasteiger partial charge is 0.180 e. The van der Waals surface area contributed by atoms with Crippen LogP contribution in [-0.4, -0.2) is 20.9 Å². The standard InChI is InChI=1S/C13H15N5S/c1-2-14-11-8-18-5-4-15-13(18)12(17-11)16-7-10-3-6-19-9-10/h3-6,8-9,14H,2,7H2,1H3,(H,16,17). The average Bonchev–Trinajstić information content (AvgIpc) is 3.07. The van der Waals surface area contributed by atoms with E-state index in [1.165, 1.54) is 5.56 Å². The molecule has 3 aromatic heterocycles. The van der Waals surface area contributed by atoms with Crippen LogP contribution in [-0.2, 0) is 6.54 Å². The number of nitrogens with one attached hydrogen (secondary N) is 2. The first-order chi connectivity index (χ1) is 9.36. The lowest BCUT2D eigenvalue weighted by Gasteiger charge is -2.09. The molecule has 0 aromatic carbocycles. The van der Waals surface area contributed by atoms with Crippen molar-refractivity contribution in [3.8, 4) is 0 Å². The third-order valence-electron chi connectivity index (χ3n) is 2.77. The molecular formula is C13H15N5S. The van der Waals surface area contributed by atoms with E-state index in [0.29, 0.717) is 0 Å². The van der Waals surface area contributed by atoms with Crippen LogP contribution in [0.2, 0.25) is 0 Å². The van der Waals surface area contributed by atoms with Gasteiger partial charge in [0.05, 0.1) is 6.20 Å². The van der Waals surface area contributed by atoms with E-state index < -0.39 is 0 Å². The Balaban J connectivity index is 1.89. The van der Waals surface area contributed by atoms with Crippen molar-refractivity contribution in [2.24, 2.45) is 0 Å². The fourth-order valence-corrected chi connectivity index (χ4v) is 2.56. The molecule has 0 atom stereocenters. The fraction of sp³-hybridized carbons (Fsp3) is 0.231. The maximum atomic E-state index is 4.56. The highest BCUT2D eigenvalue weighted by atomic mass is 32.1. The highest BCUT2D eigenvalue weighted by molar-refractivity contribution is 7.07. The largest absolute Gasteiger partial charge is 0.369 e. The van der Waals surface area contributed by atoms with Crippen LogP contribution < -0.4 is 10.6 Å². The van der Waals surface area contributed by atoms with Crippen LogP contribution in [0.4, 0.5) is 11.6 Å². The molecule has 98 valence electrons. The molecule has 6 heteroatoms. The maximum Gasteiger partial charge on any atom is 0.180 e. The molecule has 0 radical (unpaired) electrons. The average molecular weight is 273 g/mol. The van der Waals surface area contributed by atoms with Crippen LogP contribution in [0.1, 0.15) is 12.5 Å². The number of nitrogens with zero attached hydrogens (tertiary/aromatic N) is 3. The van der Waals surface area contributed by atoms with Crippen molar-refractivity contribution in [1.29, 1.82) is 0 Å². The summed E-state index contributed by atoms with van der Waals surface area (Å²) in [5.41, 5.74) is 2.10. The van der Waals surface area contributed by atoms with Gasteiger partial charge in [-0.2, -0.15) is 11.3 Å². The maximum absolute atomic E-state index is 4.56. The highest BCUT2D eigenvalue weighted by Crippen LogP contribution is 2.17. The zero-order valence-corrected chi connectivity index (χ0v) is 11.4. The lowest BCUT2D eigenvalue weighted by Crippen LogP contribution is -2.07. The Bertz CT molecular complexity index is 659. The van der Waals surface area contributed by atoms with Crippen LogP contribution >= 0.6 is 11.3 Å². The summed E-state index contributed by atoms with van der Waals surface area (Å²) in [6.07, 6.45) is 5.65. The molecule has 0 aliphatic carbocycles. The minimum Gasteiger partial charge on any atom is -0.369 e. The van der Waals surface area contributed by atoms with Crippen LogP contribution in [0.25, 0.3) is 5.65 Å². The van der Waals surface area contributed by atoms with E-state index in [1.807, 2.05) is 16.8 Å². The Morgan fingerprint density at radius 2 is 2.32 bits per heavy atom. The summed E-state index contributed by atoms with van der Waals surface area (Å²) in [7, 11) is 0. The zero-order chi connectivity index (χ0) is 13.1. The van der Waals surface area contributed by atoms with Crippen molar-refractivity contribution in [2.75, 3.05) is 17.2 Å². The van der Waals surface area contributed by atoms with E-state index in [1.54, 1.807) is 17.5 Å². The van der Waals surface area contributed by atoms with Gasteiger partial charge in [0.1, 0.15) is 5.82 Å². The number of thiophene rings is 1. The first-order valence-corrected chi connectivity index (χ1v) is 7.13. The first-order valence-electron chi connectivity index (χ1n) is 6.19. The molecule has 5 nitrogen and oxygen atoms in total. The molecule has 3 heterocycles. The third kappa shape index (κ3) is 2.53. The van der Waals surface area contributed by atoms with E-state index in [-0.39, 0.29) is 0 Å². The lowest BCUT2D eigenvalue weighted by atomic mass is 10.3. The summed E-state index contributed by atoms with van der Waals surface area (Å²) in [6.45, 7) is 3.66. The van der Waals surface area contributed by atoms with Crippen molar-refractivity contribution < 1.29 is 0 Å². The summed E-state index contributed by atoms with van der Waals surface area (Å²) < 4.78 is 1.97. The van der Waals surface area contributed by atoms with Gasteiger partial charge in [-0.05, 0) is 29.3 Å². The summed E-state index contributed by atoms with van der Waals surface area (Å²) in [4.78, 5) is 8.89. The van der Waals surface area contributed by atoms with Crippen molar-refractivity contribution in [3.05, 3.63) is 41.0 Å². The SMILES string of the molecule is CCNc1cn2ccnc2c(NCc2ccsc2)n1. The number of hydrogen-bond donors (Lipinski definition) is 2. The minimum absolute atomic E-state index is 0.759. The second kappa shape index (κ2) is 5.27. The number of hydrogen-bond acceptors (Lipinski definition) is 5. The second-order valence-electron chi connectivity index (χ2n) is 4.15. The normalized spacial score (nSPS) is 10.8. The zero-order valence-electron chi connectivity index (χ0n) is 10.6. The highest BCUT2D eigenvalue weighted by Gasteiger charge is 2.07. The summed E-state index contributed by atoms with van der Waals surface area (Å²) in [6, 6.07) is 2.11. The Morgan fingerprint density at radius 1 is 1.37 bits per heavy atom. The Hall–Kier alpha value is -2.08. The number of rotatable bonds is 5. The van der Waals surface area contributed by atoms with Gasteiger partial charge in [0.15, 0.2) is 11.5 Å². The summed E-state index contributed by atoms with van der Waals surface area (Å²) >= 11 is 1.70. The lowest BCUT2D eigenvalue weighted by molar-refractivity contribution is 1.06. The third-order valence-corrected chi connectivity index (χ3v) is 3.50. The van der Waals surface area contributed by atoms with Gasteiger partial charge in [-0.1, -0.05) is 0 Å². The molecule has 0 spiro atoms. The van der Waals surface area contributed by atoms with Gasteiger partial charge in [0, 0.05) is 25.5 Å². The number of anilines is 2. The minimum atomic E-state index is 0.759.